The highest BCUT2D eigenvalue weighted by molar-refractivity contribution is 14.1. The summed E-state index contributed by atoms with van der Waals surface area (Å²) in [6.07, 6.45) is 0.633. The maximum atomic E-state index is 12.0. The zero-order chi connectivity index (χ0) is 15.9. The summed E-state index contributed by atoms with van der Waals surface area (Å²) in [6, 6.07) is 6.21. The van der Waals surface area contributed by atoms with Gasteiger partial charge in [0.15, 0.2) is 0 Å². The molecule has 0 aliphatic carbocycles. The summed E-state index contributed by atoms with van der Waals surface area (Å²) < 4.78 is 23.2. The fraction of sp³-hybridized carbons (Fsp3) is 0.462. The summed E-state index contributed by atoms with van der Waals surface area (Å²) in [5.41, 5.74) is 0.588. The first-order valence-electron chi connectivity index (χ1n) is 6.25. The molecule has 21 heavy (non-hydrogen) atoms. The summed E-state index contributed by atoms with van der Waals surface area (Å²) >= 11 is 4.34. The lowest BCUT2D eigenvalue weighted by Gasteiger charge is -2.24. The van der Waals surface area contributed by atoms with Crippen LogP contribution in [0, 0.1) is 7.14 Å². The van der Waals surface area contributed by atoms with Gasteiger partial charge < -0.3 is 18.0 Å². The molecule has 0 unspecified atom stereocenters. The van der Waals surface area contributed by atoms with Gasteiger partial charge in [0, 0.05) is 34.5 Å². The number of carbonyl (C=O) groups excluding carboxylic acids is 1. The lowest BCUT2D eigenvalue weighted by Crippen LogP contribution is -2.42. The Bertz CT molecular complexity index is 471. The van der Waals surface area contributed by atoms with Crippen molar-refractivity contribution in [3.8, 4) is 0 Å². The van der Waals surface area contributed by atoms with Crippen molar-refractivity contribution in [2.45, 2.75) is 12.5 Å². The van der Waals surface area contributed by atoms with Crippen LogP contribution in [0.4, 0.5) is 0 Å². The fourth-order valence-corrected chi connectivity index (χ4v) is 5.25. The molecule has 8 heteroatoms. The number of hydrogen-bond acceptors (Lipinski definition) is 5. The van der Waals surface area contributed by atoms with Gasteiger partial charge >= 0.3 is 14.8 Å². The van der Waals surface area contributed by atoms with Crippen LogP contribution < -0.4 is 0 Å². The van der Waals surface area contributed by atoms with E-state index in [1.165, 1.54) is 0 Å². The van der Waals surface area contributed by atoms with Crippen molar-refractivity contribution in [3.05, 3.63) is 30.9 Å². The van der Waals surface area contributed by atoms with Gasteiger partial charge in [0.1, 0.15) is 0 Å². The predicted octanol–water partition coefficient (Wildman–Crippen LogP) is 3.32. The second kappa shape index (κ2) is 9.40. The maximum absolute atomic E-state index is 12.0. The van der Waals surface area contributed by atoms with Crippen molar-refractivity contribution in [1.29, 1.82) is 0 Å². The van der Waals surface area contributed by atoms with Gasteiger partial charge in [-0.15, -0.1) is 0 Å². The molecule has 0 atom stereocenters. The number of benzene rings is 1. The van der Waals surface area contributed by atoms with Gasteiger partial charge in [-0.3, -0.25) is 0 Å². The molecule has 0 heterocycles. The van der Waals surface area contributed by atoms with Crippen LogP contribution in [-0.2, 0) is 18.0 Å². The molecule has 0 radical (unpaired) electrons. The Morgan fingerprint density at radius 3 is 2.29 bits per heavy atom. The lowest BCUT2D eigenvalue weighted by molar-refractivity contribution is 0.0492. The van der Waals surface area contributed by atoms with Crippen LogP contribution in [0.25, 0.3) is 0 Å². The Balaban J connectivity index is 2.47. The van der Waals surface area contributed by atoms with Gasteiger partial charge in [-0.2, -0.15) is 0 Å². The SMILES string of the molecule is CO[Si](CCCOC(=O)c1ccc(I)cc1I)(OC)OC. The average Bonchev–Trinajstić information content (AvgIpc) is 2.48. The topological polar surface area (TPSA) is 54.0 Å². The number of carbonyl (C=O) groups is 1. The monoisotopic (exact) mass is 536 g/mol. The molecule has 0 fully saturated rings. The minimum Gasteiger partial charge on any atom is -0.462 e. The number of ether oxygens (including phenoxy) is 1. The maximum Gasteiger partial charge on any atom is 0.500 e. The summed E-state index contributed by atoms with van der Waals surface area (Å²) in [6.45, 7) is 0.311. The van der Waals surface area contributed by atoms with Crippen molar-refractivity contribution < 1.29 is 22.8 Å². The highest BCUT2D eigenvalue weighted by atomic mass is 127. The smallest absolute Gasteiger partial charge is 0.462 e. The Hall–Kier alpha value is 0.247. The molecule has 0 amide bonds. The third-order valence-corrected chi connectivity index (χ3v) is 7.34. The number of esters is 1. The van der Waals surface area contributed by atoms with Crippen LogP contribution in [-0.4, -0.2) is 42.7 Å². The van der Waals surface area contributed by atoms with Crippen molar-refractivity contribution in [2.75, 3.05) is 27.9 Å². The van der Waals surface area contributed by atoms with Crippen LogP contribution in [0.1, 0.15) is 16.8 Å². The number of halogens is 2. The van der Waals surface area contributed by atoms with E-state index in [1.54, 1.807) is 27.4 Å². The molecule has 0 spiro atoms. The van der Waals surface area contributed by atoms with Crippen LogP contribution in [0.15, 0.2) is 18.2 Å². The Kier molecular flexibility index (Phi) is 8.64. The minimum atomic E-state index is -2.58. The van der Waals surface area contributed by atoms with E-state index in [0.717, 1.165) is 7.14 Å². The van der Waals surface area contributed by atoms with Crippen molar-refractivity contribution >= 4 is 60.0 Å². The quantitative estimate of drug-likeness (QED) is 0.221. The Labute approximate surface area is 153 Å². The molecule has 0 aliphatic rings. The normalized spacial score (nSPS) is 11.5. The predicted molar refractivity (Wildman–Crippen MR) is 98.4 cm³/mol. The van der Waals surface area contributed by atoms with E-state index in [9.17, 15) is 4.79 Å². The zero-order valence-electron chi connectivity index (χ0n) is 12.2. The first-order chi connectivity index (χ1) is 9.98. The van der Waals surface area contributed by atoms with E-state index in [1.807, 2.05) is 12.1 Å². The fourth-order valence-electron chi connectivity index (χ4n) is 1.74. The highest BCUT2D eigenvalue weighted by Gasteiger charge is 2.37. The molecular formula is C13H18I2O5Si. The van der Waals surface area contributed by atoms with Crippen LogP contribution in [0.2, 0.25) is 6.04 Å². The van der Waals surface area contributed by atoms with Crippen molar-refractivity contribution in [2.24, 2.45) is 0 Å². The van der Waals surface area contributed by atoms with E-state index < -0.39 is 8.80 Å². The van der Waals surface area contributed by atoms with E-state index >= 15 is 0 Å². The van der Waals surface area contributed by atoms with E-state index in [4.69, 9.17) is 18.0 Å². The summed E-state index contributed by atoms with van der Waals surface area (Å²) in [4.78, 5) is 12.0. The van der Waals surface area contributed by atoms with Crippen LogP contribution in [0.5, 0.6) is 0 Å². The first kappa shape index (κ1) is 19.3. The molecule has 0 aromatic heterocycles. The highest BCUT2D eigenvalue weighted by Crippen LogP contribution is 2.18. The molecule has 118 valence electrons. The van der Waals surface area contributed by atoms with Gasteiger partial charge in [0.2, 0.25) is 0 Å². The lowest BCUT2D eigenvalue weighted by atomic mass is 10.2. The Morgan fingerprint density at radius 2 is 1.76 bits per heavy atom. The minimum absolute atomic E-state index is 0.310. The molecule has 0 aliphatic heterocycles. The Morgan fingerprint density at radius 1 is 1.14 bits per heavy atom. The summed E-state index contributed by atoms with van der Waals surface area (Å²) in [5, 5.41) is 0. The van der Waals surface area contributed by atoms with Gasteiger partial charge in [-0.1, -0.05) is 0 Å². The van der Waals surface area contributed by atoms with Gasteiger partial charge in [0.25, 0.3) is 0 Å². The molecule has 1 aromatic carbocycles. The molecule has 0 saturated heterocycles. The summed E-state index contributed by atoms with van der Waals surface area (Å²) in [7, 11) is 2.13. The standard InChI is InChI=1S/C13H18I2O5Si/c1-17-21(18-2,19-3)8-4-7-20-13(16)11-6-5-10(14)9-12(11)15/h5-6,9H,4,7-8H2,1-3H3. The third kappa shape index (κ3) is 5.75. The van der Waals surface area contributed by atoms with E-state index in [2.05, 4.69) is 45.2 Å². The van der Waals surface area contributed by atoms with Crippen molar-refractivity contribution in [3.63, 3.8) is 0 Å². The molecular weight excluding hydrogens is 518 g/mol. The average molecular weight is 536 g/mol. The molecule has 1 rings (SSSR count). The number of rotatable bonds is 8. The largest absolute Gasteiger partial charge is 0.500 e. The van der Waals surface area contributed by atoms with Crippen LogP contribution in [0.3, 0.4) is 0 Å². The zero-order valence-corrected chi connectivity index (χ0v) is 17.5. The summed E-state index contributed by atoms with van der Waals surface area (Å²) in [5.74, 6) is -0.310. The second-order valence-corrected chi connectivity index (χ2v) is 9.66. The molecule has 0 N–H and O–H groups in total. The van der Waals surface area contributed by atoms with E-state index in [-0.39, 0.29) is 5.97 Å². The first-order valence-corrected chi connectivity index (χ1v) is 10.3. The van der Waals surface area contributed by atoms with Crippen molar-refractivity contribution in [1.82, 2.24) is 0 Å². The number of hydrogen-bond donors (Lipinski definition) is 0. The third-order valence-electron chi connectivity index (χ3n) is 2.94. The molecule has 5 nitrogen and oxygen atoms in total. The van der Waals surface area contributed by atoms with Gasteiger partial charge in [0.05, 0.1) is 12.2 Å². The van der Waals surface area contributed by atoms with Gasteiger partial charge in [-0.05, 0) is 69.8 Å². The second-order valence-electron chi connectivity index (χ2n) is 4.16. The van der Waals surface area contributed by atoms with E-state index in [0.29, 0.717) is 24.6 Å². The molecule has 0 saturated carbocycles. The molecule has 1 aromatic rings. The molecule has 0 bridgehead atoms. The van der Waals surface area contributed by atoms with Crippen LogP contribution >= 0.6 is 45.2 Å². The van der Waals surface area contributed by atoms with Gasteiger partial charge in [-0.25, -0.2) is 4.79 Å².